The first-order chi connectivity index (χ1) is 20.6. The van der Waals surface area contributed by atoms with Crippen LogP contribution in [0.25, 0.3) is 0 Å². The van der Waals surface area contributed by atoms with Gasteiger partial charge in [0.25, 0.3) is 0 Å². The van der Waals surface area contributed by atoms with Crippen molar-refractivity contribution in [2.24, 2.45) is 0 Å². The molecule has 2 aromatic carbocycles. The lowest BCUT2D eigenvalue weighted by Gasteiger charge is -2.38. The number of benzene rings is 2. The van der Waals surface area contributed by atoms with E-state index < -0.39 is 0 Å². The van der Waals surface area contributed by atoms with E-state index in [0.717, 1.165) is 35.2 Å². The van der Waals surface area contributed by atoms with Crippen LogP contribution in [0.15, 0.2) is 59.7 Å². The molecule has 2 aliphatic rings. The maximum absolute atomic E-state index is 13.7. The predicted molar refractivity (Wildman–Crippen MR) is 174 cm³/mol. The highest BCUT2D eigenvalue weighted by Gasteiger charge is 2.35. The minimum absolute atomic E-state index is 0.00742. The Morgan fingerprint density at radius 2 is 1.95 bits per heavy atom. The summed E-state index contributed by atoms with van der Waals surface area (Å²) >= 11 is 3.48. The average Bonchev–Trinajstić information content (AvgIpc) is 3.48. The number of rotatable bonds is 9. The summed E-state index contributed by atoms with van der Waals surface area (Å²) in [5, 5.41) is 6.22. The van der Waals surface area contributed by atoms with Crippen LogP contribution in [0.1, 0.15) is 25.8 Å². The molecule has 11 nitrogen and oxygen atoms in total. The summed E-state index contributed by atoms with van der Waals surface area (Å²) in [6.45, 7) is 9.65. The van der Waals surface area contributed by atoms with Gasteiger partial charge in [0, 0.05) is 47.5 Å². The number of halogens is 1. The van der Waals surface area contributed by atoms with Crippen LogP contribution < -0.4 is 25.2 Å². The largest absolute Gasteiger partial charge is 0.494 e. The SMILES string of the molecule is C=CC(=O)Nc1cc(Nc2ncc3c(n2)N(c2ccc(Br)cc2)C(=O)N(C(C)C)C3)c(OC)cc1N1CC[C@@H](N(C)C)C1. The van der Waals surface area contributed by atoms with Gasteiger partial charge < -0.3 is 30.1 Å². The summed E-state index contributed by atoms with van der Waals surface area (Å²) in [6.07, 6.45) is 3.99. The van der Waals surface area contributed by atoms with Crippen molar-refractivity contribution in [1.82, 2.24) is 19.8 Å². The van der Waals surface area contributed by atoms with Gasteiger partial charge in [0.15, 0.2) is 5.82 Å². The third-order valence-electron chi connectivity index (χ3n) is 7.78. The van der Waals surface area contributed by atoms with Gasteiger partial charge in [0.1, 0.15) is 5.75 Å². The average molecular weight is 650 g/mol. The topological polar surface area (TPSA) is 106 Å². The molecule has 0 spiro atoms. The number of fused-ring (bicyclic) bond motifs is 1. The molecule has 226 valence electrons. The van der Waals surface area contributed by atoms with Crippen molar-refractivity contribution in [3.63, 3.8) is 0 Å². The number of amides is 3. The van der Waals surface area contributed by atoms with E-state index in [4.69, 9.17) is 9.72 Å². The Hall–Kier alpha value is -4.16. The second-order valence-corrected chi connectivity index (χ2v) is 12.0. The van der Waals surface area contributed by atoms with Crippen LogP contribution in [0.4, 0.5) is 39.3 Å². The van der Waals surface area contributed by atoms with Crippen molar-refractivity contribution in [1.29, 1.82) is 0 Å². The van der Waals surface area contributed by atoms with Crippen molar-refractivity contribution in [3.8, 4) is 5.75 Å². The zero-order chi connectivity index (χ0) is 30.8. The monoisotopic (exact) mass is 648 g/mol. The van der Waals surface area contributed by atoms with Gasteiger partial charge in [-0.1, -0.05) is 22.5 Å². The third kappa shape index (κ3) is 6.30. The van der Waals surface area contributed by atoms with Crippen LogP contribution in [-0.4, -0.2) is 78.1 Å². The Labute approximate surface area is 260 Å². The number of aromatic nitrogens is 2. The van der Waals surface area contributed by atoms with Gasteiger partial charge in [-0.05, 0) is 70.8 Å². The molecule has 1 fully saturated rings. The normalized spacial score (nSPS) is 16.5. The second kappa shape index (κ2) is 12.6. The number of carbonyl (C=O) groups excluding carboxylic acids is 2. The number of hydrogen-bond donors (Lipinski definition) is 2. The Kier molecular flexibility index (Phi) is 8.88. The van der Waals surface area contributed by atoms with E-state index in [-0.39, 0.29) is 23.9 Å². The molecule has 43 heavy (non-hydrogen) atoms. The summed E-state index contributed by atoms with van der Waals surface area (Å²) < 4.78 is 6.70. The molecule has 0 bridgehead atoms. The van der Waals surface area contributed by atoms with Crippen molar-refractivity contribution in [3.05, 3.63) is 65.3 Å². The molecule has 1 aromatic heterocycles. The van der Waals surface area contributed by atoms with Crippen LogP contribution in [-0.2, 0) is 11.3 Å². The van der Waals surface area contributed by atoms with Crippen molar-refractivity contribution < 1.29 is 14.3 Å². The molecule has 1 saturated heterocycles. The van der Waals surface area contributed by atoms with Crippen LogP contribution in [0.2, 0.25) is 0 Å². The van der Waals surface area contributed by atoms with E-state index in [0.29, 0.717) is 41.2 Å². The first kappa shape index (κ1) is 30.3. The zero-order valence-corrected chi connectivity index (χ0v) is 26.7. The minimum Gasteiger partial charge on any atom is -0.494 e. The zero-order valence-electron chi connectivity index (χ0n) is 25.1. The van der Waals surface area contributed by atoms with Gasteiger partial charge in [0.05, 0.1) is 36.4 Å². The van der Waals surface area contributed by atoms with Crippen LogP contribution >= 0.6 is 15.9 Å². The molecule has 3 amide bonds. The van der Waals surface area contributed by atoms with Gasteiger partial charge in [-0.2, -0.15) is 4.98 Å². The molecule has 0 unspecified atom stereocenters. The number of urea groups is 1. The molecule has 12 heteroatoms. The Morgan fingerprint density at radius 3 is 2.58 bits per heavy atom. The minimum atomic E-state index is -0.316. The van der Waals surface area contributed by atoms with Crippen LogP contribution in [0.5, 0.6) is 5.75 Å². The molecular weight excluding hydrogens is 612 g/mol. The highest BCUT2D eigenvalue weighted by atomic mass is 79.9. The second-order valence-electron chi connectivity index (χ2n) is 11.1. The van der Waals surface area contributed by atoms with Gasteiger partial charge in [-0.25, -0.2) is 14.7 Å². The van der Waals surface area contributed by atoms with Gasteiger partial charge >= 0.3 is 6.03 Å². The summed E-state index contributed by atoms with van der Waals surface area (Å²) in [6, 6.07) is 11.5. The summed E-state index contributed by atoms with van der Waals surface area (Å²) in [5.41, 5.74) is 3.56. The van der Waals surface area contributed by atoms with Crippen molar-refractivity contribution in [2.45, 2.75) is 38.9 Å². The molecule has 3 aromatic rings. The van der Waals surface area contributed by atoms with Crippen LogP contribution in [0.3, 0.4) is 0 Å². The molecule has 2 N–H and O–H groups in total. The number of methoxy groups -OCH3 is 1. The third-order valence-corrected chi connectivity index (χ3v) is 8.31. The molecule has 0 saturated carbocycles. The van der Waals surface area contributed by atoms with E-state index in [1.165, 1.54) is 6.08 Å². The van der Waals surface area contributed by atoms with Crippen molar-refractivity contribution in [2.75, 3.05) is 54.7 Å². The number of nitrogens with zero attached hydrogens (tertiary/aromatic N) is 6. The fourth-order valence-corrected chi connectivity index (χ4v) is 5.61. The van der Waals surface area contributed by atoms with E-state index in [2.05, 4.69) is 62.0 Å². The molecular formula is C31H37BrN8O3. The fraction of sp³-hybridized carbons (Fsp3) is 0.355. The molecule has 5 rings (SSSR count). The summed E-state index contributed by atoms with van der Waals surface area (Å²) in [7, 11) is 5.75. The van der Waals surface area contributed by atoms with E-state index >= 15 is 0 Å². The maximum Gasteiger partial charge on any atom is 0.330 e. The van der Waals surface area contributed by atoms with Gasteiger partial charge in [0.2, 0.25) is 11.9 Å². The van der Waals surface area contributed by atoms with E-state index in [9.17, 15) is 9.59 Å². The highest BCUT2D eigenvalue weighted by molar-refractivity contribution is 9.10. The standard InChI is InChI=1S/C31H37BrN8O3/c1-7-28(41)34-24-14-25(27(43-6)15-26(24)38-13-12-23(18-38)37(4)5)35-30-33-16-20-17-39(19(2)3)31(42)40(29(20)36-30)22-10-8-21(32)9-11-22/h7-11,14-16,19,23H,1,12-13,17-18H2,2-6H3,(H,34,41)(H,33,35,36)/t23-/m1/s1. The Bertz CT molecular complexity index is 1530. The lowest BCUT2D eigenvalue weighted by Crippen LogP contribution is -2.48. The fourth-order valence-electron chi connectivity index (χ4n) is 5.34. The molecule has 3 heterocycles. The number of ether oxygens (including phenoxy) is 1. The highest BCUT2D eigenvalue weighted by Crippen LogP contribution is 2.41. The van der Waals surface area contributed by atoms with E-state index in [1.54, 1.807) is 23.1 Å². The molecule has 2 aliphatic heterocycles. The van der Waals surface area contributed by atoms with Crippen LogP contribution in [0, 0.1) is 0 Å². The smallest absolute Gasteiger partial charge is 0.330 e. The Morgan fingerprint density at radius 1 is 1.21 bits per heavy atom. The maximum atomic E-state index is 13.7. The molecule has 0 aliphatic carbocycles. The van der Waals surface area contributed by atoms with Gasteiger partial charge in [-0.3, -0.25) is 4.79 Å². The first-order valence-electron chi connectivity index (χ1n) is 14.2. The first-order valence-corrected chi connectivity index (χ1v) is 14.9. The lowest BCUT2D eigenvalue weighted by atomic mass is 10.1. The quantitative estimate of drug-likeness (QED) is 0.283. The summed E-state index contributed by atoms with van der Waals surface area (Å²) in [5.74, 6) is 1.04. The number of carbonyl (C=O) groups is 2. The number of likely N-dealkylation sites (N-methyl/N-ethyl adjacent to an activating group) is 1. The molecule has 1 atom stereocenters. The number of anilines is 6. The lowest BCUT2D eigenvalue weighted by molar-refractivity contribution is -0.111. The number of hydrogen-bond acceptors (Lipinski definition) is 8. The predicted octanol–water partition coefficient (Wildman–Crippen LogP) is 5.74. The van der Waals surface area contributed by atoms with Crippen molar-refractivity contribution >= 4 is 62.4 Å². The Balaban J connectivity index is 1.53. The number of nitrogens with one attached hydrogen (secondary N) is 2. The summed E-state index contributed by atoms with van der Waals surface area (Å²) in [4.78, 5) is 43.4. The molecule has 0 radical (unpaired) electrons. The van der Waals surface area contributed by atoms with E-state index in [1.807, 2.05) is 50.2 Å². The van der Waals surface area contributed by atoms with Gasteiger partial charge in [-0.15, -0.1) is 0 Å².